The molecule has 0 aliphatic carbocycles. The van der Waals surface area contributed by atoms with E-state index in [0.717, 1.165) is 11.6 Å². The highest BCUT2D eigenvalue weighted by atomic mass is 35.5. The Hall–Kier alpha value is -1.84. The molecule has 0 spiro atoms. The van der Waals surface area contributed by atoms with Crippen molar-refractivity contribution in [2.75, 3.05) is 0 Å². The minimum Gasteiger partial charge on any atom is -0.508 e. The number of halogens is 3. The molecule has 0 aromatic heterocycles. The van der Waals surface area contributed by atoms with Crippen molar-refractivity contribution in [1.82, 2.24) is 0 Å². The monoisotopic (exact) mass is 310 g/mol. The predicted octanol–water partition coefficient (Wildman–Crippen LogP) is 4.73. The Morgan fingerprint density at radius 1 is 1.10 bits per heavy atom. The lowest BCUT2D eigenvalue weighted by atomic mass is 10.1. The molecule has 0 fully saturated rings. The van der Waals surface area contributed by atoms with E-state index in [-0.39, 0.29) is 21.4 Å². The third kappa shape index (κ3) is 3.38. The number of benzene rings is 2. The van der Waals surface area contributed by atoms with Gasteiger partial charge in [0.2, 0.25) is 0 Å². The number of carbonyl (C=O) groups excluding carboxylic acids is 1. The first-order chi connectivity index (χ1) is 9.47. The SMILES string of the molecule is O=C(C=Cc1ccc(O)cc1)c1cc(F)c(Cl)cc1Cl. The number of allylic oxidation sites excluding steroid dienone is 1. The van der Waals surface area contributed by atoms with Crippen molar-refractivity contribution in [1.29, 1.82) is 0 Å². The van der Waals surface area contributed by atoms with Crippen LogP contribution >= 0.6 is 23.2 Å². The molecule has 0 atom stereocenters. The molecule has 2 nitrogen and oxygen atoms in total. The molecule has 0 unspecified atom stereocenters. The van der Waals surface area contributed by atoms with Crippen LogP contribution in [0.25, 0.3) is 6.08 Å². The zero-order valence-electron chi connectivity index (χ0n) is 10.1. The number of carbonyl (C=O) groups is 1. The van der Waals surface area contributed by atoms with Crippen molar-refractivity contribution < 1.29 is 14.3 Å². The van der Waals surface area contributed by atoms with Gasteiger partial charge in [0.25, 0.3) is 0 Å². The van der Waals surface area contributed by atoms with Crippen LogP contribution in [0.4, 0.5) is 4.39 Å². The van der Waals surface area contributed by atoms with Gasteiger partial charge in [-0.25, -0.2) is 4.39 Å². The maximum absolute atomic E-state index is 13.3. The van der Waals surface area contributed by atoms with E-state index in [0.29, 0.717) is 0 Å². The molecule has 0 radical (unpaired) electrons. The van der Waals surface area contributed by atoms with Gasteiger partial charge in [-0.1, -0.05) is 41.4 Å². The van der Waals surface area contributed by atoms with Gasteiger partial charge in [-0.05, 0) is 35.9 Å². The zero-order valence-corrected chi connectivity index (χ0v) is 11.6. The Morgan fingerprint density at radius 2 is 1.75 bits per heavy atom. The fourth-order valence-corrected chi connectivity index (χ4v) is 2.03. The number of rotatable bonds is 3. The molecule has 5 heteroatoms. The normalized spacial score (nSPS) is 10.9. The van der Waals surface area contributed by atoms with Gasteiger partial charge >= 0.3 is 0 Å². The standard InChI is InChI=1S/C15H9Cl2FO2/c16-12-8-13(17)14(18)7-11(12)15(20)6-3-9-1-4-10(19)5-2-9/h1-8,19H. The highest BCUT2D eigenvalue weighted by Gasteiger charge is 2.11. The summed E-state index contributed by atoms with van der Waals surface area (Å²) in [4.78, 5) is 11.9. The second kappa shape index (κ2) is 6.07. The summed E-state index contributed by atoms with van der Waals surface area (Å²) in [6.07, 6.45) is 2.82. The van der Waals surface area contributed by atoms with E-state index in [1.807, 2.05) is 0 Å². The van der Waals surface area contributed by atoms with E-state index in [2.05, 4.69) is 0 Å². The number of ketones is 1. The average molecular weight is 311 g/mol. The summed E-state index contributed by atoms with van der Waals surface area (Å²) < 4.78 is 13.3. The molecule has 2 rings (SSSR count). The highest BCUT2D eigenvalue weighted by molar-refractivity contribution is 6.37. The van der Waals surface area contributed by atoms with Gasteiger partial charge in [0, 0.05) is 5.56 Å². The van der Waals surface area contributed by atoms with Crippen LogP contribution in [0, 0.1) is 5.82 Å². The van der Waals surface area contributed by atoms with E-state index in [1.54, 1.807) is 18.2 Å². The Balaban J connectivity index is 2.24. The minimum absolute atomic E-state index is 0.0450. The third-order valence-electron chi connectivity index (χ3n) is 2.60. The summed E-state index contributed by atoms with van der Waals surface area (Å²) >= 11 is 11.4. The molecule has 0 heterocycles. The Bertz CT molecular complexity index is 679. The minimum atomic E-state index is -0.697. The van der Waals surface area contributed by atoms with Crippen LogP contribution in [0.2, 0.25) is 10.0 Å². The van der Waals surface area contributed by atoms with Gasteiger partial charge < -0.3 is 5.11 Å². The van der Waals surface area contributed by atoms with Crippen LogP contribution < -0.4 is 0 Å². The number of phenols is 1. The van der Waals surface area contributed by atoms with Crippen molar-refractivity contribution in [3.63, 3.8) is 0 Å². The molecule has 1 N–H and O–H groups in total. The van der Waals surface area contributed by atoms with Crippen molar-refractivity contribution in [3.05, 3.63) is 69.5 Å². The largest absolute Gasteiger partial charge is 0.508 e. The van der Waals surface area contributed by atoms with E-state index < -0.39 is 11.6 Å². The zero-order chi connectivity index (χ0) is 14.7. The van der Waals surface area contributed by atoms with E-state index in [4.69, 9.17) is 28.3 Å². The van der Waals surface area contributed by atoms with E-state index in [9.17, 15) is 9.18 Å². The topological polar surface area (TPSA) is 37.3 Å². The molecule has 0 amide bonds. The summed E-state index contributed by atoms with van der Waals surface area (Å²) in [6, 6.07) is 8.48. The Labute approximate surface area is 125 Å². The first kappa shape index (κ1) is 14.6. The third-order valence-corrected chi connectivity index (χ3v) is 3.20. The number of hydrogen-bond acceptors (Lipinski definition) is 2. The lowest BCUT2D eigenvalue weighted by Gasteiger charge is -2.02. The molecule has 20 heavy (non-hydrogen) atoms. The molecule has 0 bridgehead atoms. The second-order valence-corrected chi connectivity index (χ2v) is 4.85. The number of hydrogen-bond donors (Lipinski definition) is 1. The van der Waals surface area contributed by atoms with Gasteiger partial charge in [-0.3, -0.25) is 4.79 Å². The molecule has 102 valence electrons. The van der Waals surface area contributed by atoms with Crippen LogP contribution in [0.5, 0.6) is 5.75 Å². The Morgan fingerprint density at radius 3 is 2.40 bits per heavy atom. The first-order valence-corrected chi connectivity index (χ1v) is 6.39. The van der Waals surface area contributed by atoms with Gasteiger partial charge in [-0.2, -0.15) is 0 Å². The predicted molar refractivity (Wildman–Crippen MR) is 77.9 cm³/mol. The molecule has 2 aromatic rings. The van der Waals surface area contributed by atoms with E-state index in [1.165, 1.54) is 24.3 Å². The highest BCUT2D eigenvalue weighted by Crippen LogP contribution is 2.25. The Kier molecular flexibility index (Phi) is 4.42. The van der Waals surface area contributed by atoms with Crippen molar-refractivity contribution >= 4 is 35.1 Å². The summed E-state index contributed by atoms with van der Waals surface area (Å²) in [7, 11) is 0. The maximum Gasteiger partial charge on any atom is 0.187 e. The van der Waals surface area contributed by atoms with Gasteiger partial charge in [0.1, 0.15) is 11.6 Å². The van der Waals surface area contributed by atoms with Gasteiger partial charge in [0.05, 0.1) is 10.0 Å². The van der Waals surface area contributed by atoms with Crippen molar-refractivity contribution in [2.24, 2.45) is 0 Å². The fraction of sp³-hybridized carbons (Fsp3) is 0. The molecular formula is C15H9Cl2FO2. The average Bonchev–Trinajstić information content (AvgIpc) is 2.42. The summed E-state index contributed by atoms with van der Waals surface area (Å²) in [5.74, 6) is -0.993. The van der Waals surface area contributed by atoms with Gasteiger partial charge in [0.15, 0.2) is 5.78 Å². The molecule has 0 saturated heterocycles. The van der Waals surface area contributed by atoms with Crippen molar-refractivity contribution in [2.45, 2.75) is 0 Å². The van der Waals surface area contributed by atoms with Crippen LogP contribution in [-0.4, -0.2) is 10.9 Å². The molecule has 0 aliphatic rings. The van der Waals surface area contributed by atoms with Crippen LogP contribution in [-0.2, 0) is 0 Å². The number of aromatic hydroxyl groups is 1. The quantitative estimate of drug-likeness (QED) is 0.505. The molecular weight excluding hydrogens is 302 g/mol. The lowest BCUT2D eigenvalue weighted by molar-refractivity contribution is 0.104. The fourth-order valence-electron chi connectivity index (χ4n) is 1.56. The molecule has 0 aliphatic heterocycles. The number of phenolic OH excluding ortho intramolecular Hbond substituents is 1. The van der Waals surface area contributed by atoms with E-state index >= 15 is 0 Å². The molecule has 0 saturated carbocycles. The lowest BCUT2D eigenvalue weighted by Crippen LogP contribution is -1.97. The summed E-state index contributed by atoms with van der Waals surface area (Å²) in [5, 5.41) is 9.11. The smallest absolute Gasteiger partial charge is 0.187 e. The van der Waals surface area contributed by atoms with Crippen molar-refractivity contribution in [3.8, 4) is 5.75 Å². The van der Waals surface area contributed by atoms with Gasteiger partial charge in [-0.15, -0.1) is 0 Å². The summed E-state index contributed by atoms with van der Waals surface area (Å²) in [6.45, 7) is 0. The molecule has 2 aromatic carbocycles. The second-order valence-electron chi connectivity index (χ2n) is 4.04. The van der Waals surface area contributed by atoms with Crippen LogP contribution in [0.3, 0.4) is 0 Å². The summed E-state index contributed by atoms with van der Waals surface area (Å²) in [5.41, 5.74) is 0.769. The maximum atomic E-state index is 13.3. The first-order valence-electron chi connectivity index (χ1n) is 5.63. The van der Waals surface area contributed by atoms with Crippen LogP contribution in [0.1, 0.15) is 15.9 Å². The van der Waals surface area contributed by atoms with Crippen LogP contribution in [0.15, 0.2) is 42.5 Å².